The summed E-state index contributed by atoms with van der Waals surface area (Å²) in [5.41, 5.74) is 1.84. The predicted octanol–water partition coefficient (Wildman–Crippen LogP) is 4.18. The average molecular weight is 396 g/mol. The molecular formula is C22H33FO5. The van der Waals surface area contributed by atoms with Crippen LogP contribution in [-0.4, -0.2) is 37.1 Å². The maximum atomic E-state index is 14.1. The molecule has 1 N–H and O–H groups in total. The van der Waals surface area contributed by atoms with Gasteiger partial charge in [-0.15, -0.1) is 0 Å². The molecule has 28 heavy (non-hydrogen) atoms. The number of unbranched alkanes of at least 4 members (excludes halogenated alkanes) is 2. The third kappa shape index (κ3) is 4.92. The van der Waals surface area contributed by atoms with Crippen LogP contribution in [0.25, 0.3) is 0 Å². The van der Waals surface area contributed by atoms with E-state index >= 15 is 0 Å². The monoisotopic (exact) mass is 396 g/mol. The van der Waals surface area contributed by atoms with Crippen LogP contribution >= 0.6 is 0 Å². The van der Waals surface area contributed by atoms with Crippen LogP contribution in [0, 0.1) is 5.82 Å². The van der Waals surface area contributed by atoms with Crippen LogP contribution in [0.2, 0.25) is 0 Å². The Morgan fingerprint density at radius 1 is 1.21 bits per heavy atom. The van der Waals surface area contributed by atoms with Gasteiger partial charge >= 0.3 is 0 Å². The first-order chi connectivity index (χ1) is 13.6. The molecule has 5 nitrogen and oxygen atoms in total. The highest BCUT2D eigenvalue weighted by Crippen LogP contribution is 2.46. The Kier molecular flexibility index (Phi) is 7.83. The van der Waals surface area contributed by atoms with Gasteiger partial charge in [0.15, 0.2) is 5.79 Å². The molecule has 3 rings (SSSR count). The number of rotatable bonds is 10. The molecule has 0 aliphatic carbocycles. The quantitative estimate of drug-likeness (QED) is 0.601. The van der Waals surface area contributed by atoms with Gasteiger partial charge in [0.2, 0.25) is 0 Å². The number of benzene rings is 1. The summed E-state index contributed by atoms with van der Waals surface area (Å²) < 4.78 is 38.5. The molecule has 0 bridgehead atoms. The van der Waals surface area contributed by atoms with Crippen LogP contribution in [-0.2, 0) is 37.9 Å². The number of halogens is 1. The molecule has 1 aromatic carbocycles. The lowest BCUT2D eigenvalue weighted by Gasteiger charge is -2.42. The van der Waals surface area contributed by atoms with Crippen molar-refractivity contribution >= 4 is 0 Å². The first-order valence-corrected chi connectivity index (χ1v) is 10.6. The molecule has 0 aromatic heterocycles. The van der Waals surface area contributed by atoms with E-state index in [1.54, 1.807) is 6.07 Å². The van der Waals surface area contributed by atoms with Crippen molar-refractivity contribution in [3.63, 3.8) is 0 Å². The maximum absolute atomic E-state index is 14.1. The van der Waals surface area contributed by atoms with Crippen molar-refractivity contribution in [1.82, 2.24) is 0 Å². The van der Waals surface area contributed by atoms with Gasteiger partial charge in [0.25, 0.3) is 0 Å². The Hall–Kier alpha value is -1.05. The molecule has 0 radical (unpaired) electrons. The fourth-order valence-corrected chi connectivity index (χ4v) is 3.92. The zero-order chi connectivity index (χ0) is 20.0. The highest BCUT2D eigenvalue weighted by atomic mass is 19.1. The molecule has 1 aromatic rings. The third-order valence-corrected chi connectivity index (χ3v) is 5.49. The predicted molar refractivity (Wildman–Crippen MR) is 103 cm³/mol. The van der Waals surface area contributed by atoms with Crippen molar-refractivity contribution in [1.29, 1.82) is 0 Å². The van der Waals surface area contributed by atoms with Crippen molar-refractivity contribution in [2.45, 2.75) is 83.6 Å². The minimum Gasteiger partial charge on any atom is -0.392 e. The van der Waals surface area contributed by atoms with E-state index in [4.69, 9.17) is 18.9 Å². The average Bonchev–Trinajstić information content (AvgIpc) is 3.01. The highest BCUT2D eigenvalue weighted by Gasteiger charge is 2.49. The molecule has 2 heterocycles. The lowest BCUT2D eigenvalue weighted by molar-refractivity contribution is -0.308. The van der Waals surface area contributed by atoms with E-state index in [0.29, 0.717) is 32.8 Å². The van der Waals surface area contributed by atoms with Gasteiger partial charge in [-0.25, -0.2) is 4.39 Å². The summed E-state index contributed by atoms with van der Waals surface area (Å²) in [6, 6.07) is 3.13. The largest absolute Gasteiger partial charge is 0.392 e. The first-order valence-electron chi connectivity index (χ1n) is 10.6. The lowest BCUT2D eigenvalue weighted by atomic mass is 9.90. The molecule has 2 aliphatic rings. The summed E-state index contributed by atoms with van der Waals surface area (Å²) in [5, 5.41) is 9.48. The van der Waals surface area contributed by atoms with Gasteiger partial charge in [0.05, 0.1) is 32.0 Å². The van der Waals surface area contributed by atoms with Crippen molar-refractivity contribution in [2.24, 2.45) is 0 Å². The molecule has 1 saturated heterocycles. The fourth-order valence-electron chi connectivity index (χ4n) is 3.92. The molecule has 0 amide bonds. The van der Waals surface area contributed by atoms with Crippen LogP contribution in [0.5, 0.6) is 0 Å². The molecule has 1 spiro atoms. The Labute approximate surface area is 167 Å². The molecule has 3 atom stereocenters. The van der Waals surface area contributed by atoms with Gasteiger partial charge in [0, 0.05) is 37.2 Å². The topological polar surface area (TPSA) is 57.2 Å². The molecule has 6 heteroatoms. The molecule has 1 fully saturated rings. The minimum absolute atomic E-state index is 0.00588. The van der Waals surface area contributed by atoms with Crippen molar-refractivity contribution < 1.29 is 28.4 Å². The molecule has 0 unspecified atom stereocenters. The number of aliphatic hydroxyl groups is 1. The summed E-state index contributed by atoms with van der Waals surface area (Å²) in [6.07, 6.45) is 5.36. The van der Waals surface area contributed by atoms with Crippen LogP contribution in [0.1, 0.15) is 69.1 Å². The maximum Gasteiger partial charge on any atom is 0.198 e. The second kappa shape index (κ2) is 10.1. The number of hydrogen-bond donors (Lipinski definition) is 1. The second-order valence-corrected chi connectivity index (χ2v) is 7.75. The molecule has 158 valence electrons. The summed E-state index contributed by atoms with van der Waals surface area (Å²) in [5.74, 6) is -1.37. The number of fused-ring (bicyclic) bond motifs is 2. The van der Waals surface area contributed by atoms with E-state index in [1.807, 2.05) is 0 Å². The second-order valence-electron chi connectivity index (χ2n) is 7.75. The van der Waals surface area contributed by atoms with Crippen LogP contribution in [0.3, 0.4) is 0 Å². The highest BCUT2D eigenvalue weighted by molar-refractivity contribution is 5.38. The van der Waals surface area contributed by atoms with Crippen LogP contribution < -0.4 is 0 Å². The van der Waals surface area contributed by atoms with E-state index in [2.05, 4.69) is 13.8 Å². The molecular weight excluding hydrogens is 363 g/mol. The van der Waals surface area contributed by atoms with Gasteiger partial charge in [-0.05, 0) is 30.5 Å². The lowest BCUT2D eigenvalue weighted by Crippen LogP contribution is -2.46. The molecule has 0 saturated carbocycles. The zero-order valence-electron chi connectivity index (χ0n) is 17.0. The van der Waals surface area contributed by atoms with E-state index in [0.717, 1.165) is 43.2 Å². The minimum atomic E-state index is -0.957. The number of aliphatic hydroxyl groups excluding tert-OH is 1. The standard InChI is InChI=1S/C22H33FO5/c1-3-5-7-25-15-19-11-18(26-8-6-4-2)12-22(28-19)20-9-16(13-24)21(23)10-17(20)14-27-22/h9-10,18-19,24H,3-8,11-15H2,1-2H3/t18-,19-,22+/m0/s1. The Balaban J connectivity index is 1.78. The number of ether oxygens (including phenoxy) is 4. The van der Waals surface area contributed by atoms with Crippen molar-refractivity contribution in [3.05, 3.63) is 34.6 Å². The zero-order valence-corrected chi connectivity index (χ0v) is 17.0. The summed E-state index contributed by atoms with van der Waals surface area (Å²) in [7, 11) is 0. The van der Waals surface area contributed by atoms with E-state index in [9.17, 15) is 9.50 Å². The first kappa shape index (κ1) is 21.7. The van der Waals surface area contributed by atoms with Crippen LogP contribution in [0.15, 0.2) is 12.1 Å². The van der Waals surface area contributed by atoms with Crippen molar-refractivity contribution in [2.75, 3.05) is 19.8 Å². The Morgan fingerprint density at radius 2 is 2.00 bits per heavy atom. The fraction of sp³-hybridized carbons (Fsp3) is 0.727. The SMILES string of the molecule is CCCCOC[C@@H]1C[C@H](OCCCC)C[C@@]2(OCc3cc(F)c(CO)cc32)O1. The Bertz CT molecular complexity index is 638. The Morgan fingerprint density at radius 3 is 2.75 bits per heavy atom. The summed E-state index contributed by atoms with van der Waals surface area (Å²) in [6.45, 7) is 6.12. The normalized spacial score (nSPS) is 26.7. The van der Waals surface area contributed by atoms with E-state index < -0.39 is 11.6 Å². The van der Waals surface area contributed by atoms with Gasteiger partial charge in [-0.2, -0.15) is 0 Å². The van der Waals surface area contributed by atoms with E-state index in [1.165, 1.54) is 6.07 Å². The van der Waals surface area contributed by atoms with Gasteiger partial charge in [-0.1, -0.05) is 26.7 Å². The third-order valence-electron chi connectivity index (χ3n) is 5.49. The molecule has 2 aliphatic heterocycles. The van der Waals surface area contributed by atoms with Gasteiger partial charge < -0.3 is 24.1 Å². The van der Waals surface area contributed by atoms with Gasteiger partial charge in [-0.3, -0.25) is 0 Å². The summed E-state index contributed by atoms with van der Waals surface area (Å²) >= 11 is 0. The van der Waals surface area contributed by atoms with E-state index in [-0.39, 0.29) is 24.4 Å². The number of hydrogen-bond acceptors (Lipinski definition) is 5. The smallest absolute Gasteiger partial charge is 0.198 e. The van der Waals surface area contributed by atoms with Crippen molar-refractivity contribution in [3.8, 4) is 0 Å². The summed E-state index contributed by atoms with van der Waals surface area (Å²) in [4.78, 5) is 0. The van der Waals surface area contributed by atoms with Crippen LogP contribution in [0.4, 0.5) is 4.39 Å². The van der Waals surface area contributed by atoms with Gasteiger partial charge in [0.1, 0.15) is 5.82 Å².